The second kappa shape index (κ2) is 5.48. The van der Waals surface area contributed by atoms with E-state index in [2.05, 4.69) is 4.98 Å². The van der Waals surface area contributed by atoms with Crippen molar-refractivity contribution in [2.45, 2.75) is 12.8 Å². The molecule has 0 saturated heterocycles. The highest BCUT2D eigenvalue weighted by Crippen LogP contribution is 2.30. The van der Waals surface area contributed by atoms with Crippen LogP contribution in [0.1, 0.15) is 11.3 Å². The summed E-state index contributed by atoms with van der Waals surface area (Å²) in [5.74, 6) is 0.342. The first kappa shape index (κ1) is 13.7. The second-order valence-electron chi connectivity index (χ2n) is 3.76. The molecule has 0 aliphatic carbocycles. The van der Waals surface area contributed by atoms with Gasteiger partial charge in [-0.05, 0) is 36.4 Å². The molecule has 0 aliphatic rings. The van der Waals surface area contributed by atoms with Gasteiger partial charge in [0, 0.05) is 0 Å². The first-order valence-corrected chi connectivity index (χ1v) is 5.74. The molecule has 0 atom stereocenters. The number of halogens is 4. The van der Waals surface area contributed by atoms with Crippen molar-refractivity contribution in [1.82, 2.24) is 4.98 Å². The summed E-state index contributed by atoms with van der Waals surface area (Å²) >= 11 is 5.71. The van der Waals surface area contributed by atoms with Crippen molar-refractivity contribution in [1.29, 1.82) is 0 Å². The van der Waals surface area contributed by atoms with Crippen molar-refractivity contribution in [3.05, 3.63) is 58.9 Å². The van der Waals surface area contributed by atoms with Gasteiger partial charge in [-0.1, -0.05) is 17.7 Å². The summed E-state index contributed by atoms with van der Waals surface area (Å²) in [6, 6.07) is 9.56. The van der Waals surface area contributed by atoms with Crippen molar-refractivity contribution in [2.75, 3.05) is 0 Å². The number of benzene rings is 1. The van der Waals surface area contributed by atoms with Gasteiger partial charge in [-0.3, -0.25) is 0 Å². The van der Waals surface area contributed by atoms with E-state index in [4.69, 9.17) is 16.3 Å². The molecule has 2 nitrogen and oxygen atoms in total. The summed E-state index contributed by atoms with van der Waals surface area (Å²) < 4.78 is 42.4. The van der Waals surface area contributed by atoms with Crippen LogP contribution in [0.4, 0.5) is 13.2 Å². The van der Waals surface area contributed by atoms with Gasteiger partial charge in [0.05, 0.1) is 11.3 Å². The minimum atomic E-state index is -4.34. The number of rotatable bonds is 3. The highest BCUT2D eigenvalue weighted by Gasteiger charge is 2.29. The van der Waals surface area contributed by atoms with Crippen molar-refractivity contribution in [3.63, 3.8) is 0 Å². The summed E-state index contributed by atoms with van der Waals surface area (Å²) in [7, 11) is 0. The van der Waals surface area contributed by atoms with E-state index >= 15 is 0 Å². The third-order valence-corrected chi connectivity index (χ3v) is 2.55. The zero-order valence-corrected chi connectivity index (χ0v) is 10.4. The Bertz CT molecular complexity index is 555. The zero-order valence-electron chi connectivity index (χ0n) is 9.62. The van der Waals surface area contributed by atoms with Crippen LogP contribution in [0.15, 0.2) is 42.5 Å². The molecule has 19 heavy (non-hydrogen) atoms. The highest BCUT2D eigenvalue weighted by atomic mass is 35.5. The predicted octanol–water partition coefficient (Wildman–Crippen LogP) is 4.33. The standard InChI is InChI=1S/C13H9ClF3NO/c14-12-3-1-2-10(18-12)8-19-11-6-4-9(5-7-11)13(15,16)17/h1-7H,8H2. The maximum Gasteiger partial charge on any atom is 0.416 e. The molecule has 0 aliphatic heterocycles. The van der Waals surface area contributed by atoms with Crippen molar-refractivity contribution in [2.24, 2.45) is 0 Å². The Morgan fingerprint density at radius 3 is 2.32 bits per heavy atom. The summed E-state index contributed by atoms with van der Waals surface area (Å²) in [4.78, 5) is 4.01. The van der Waals surface area contributed by atoms with Crippen LogP contribution in [0.25, 0.3) is 0 Å². The van der Waals surface area contributed by atoms with Gasteiger partial charge in [-0.2, -0.15) is 13.2 Å². The van der Waals surface area contributed by atoms with Gasteiger partial charge in [-0.25, -0.2) is 4.98 Å². The van der Waals surface area contributed by atoms with E-state index in [-0.39, 0.29) is 6.61 Å². The second-order valence-corrected chi connectivity index (χ2v) is 4.15. The fourth-order valence-corrected chi connectivity index (χ4v) is 1.61. The van der Waals surface area contributed by atoms with Gasteiger partial charge in [0.25, 0.3) is 0 Å². The average Bonchev–Trinajstić information content (AvgIpc) is 2.36. The number of aromatic nitrogens is 1. The van der Waals surface area contributed by atoms with Gasteiger partial charge in [0.1, 0.15) is 17.5 Å². The number of alkyl halides is 3. The first-order chi connectivity index (χ1) is 8.95. The lowest BCUT2D eigenvalue weighted by atomic mass is 10.2. The lowest BCUT2D eigenvalue weighted by molar-refractivity contribution is -0.137. The normalized spacial score (nSPS) is 11.4. The Hall–Kier alpha value is -1.75. The molecule has 0 radical (unpaired) electrons. The van der Waals surface area contributed by atoms with E-state index in [1.807, 2.05) is 0 Å². The zero-order chi connectivity index (χ0) is 13.9. The van der Waals surface area contributed by atoms with Gasteiger partial charge in [-0.15, -0.1) is 0 Å². The van der Waals surface area contributed by atoms with Crippen molar-refractivity contribution >= 4 is 11.6 Å². The fourth-order valence-electron chi connectivity index (χ4n) is 1.43. The Morgan fingerprint density at radius 2 is 1.74 bits per heavy atom. The molecule has 2 rings (SSSR count). The number of hydrogen-bond acceptors (Lipinski definition) is 2. The Morgan fingerprint density at radius 1 is 1.05 bits per heavy atom. The van der Waals surface area contributed by atoms with E-state index < -0.39 is 11.7 Å². The molecule has 1 aromatic heterocycles. The lowest BCUT2D eigenvalue weighted by Gasteiger charge is -2.09. The molecule has 0 spiro atoms. The molecule has 0 N–H and O–H groups in total. The molecule has 0 bridgehead atoms. The van der Waals surface area contributed by atoms with Crippen molar-refractivity contribution in [3.8, 4) is 5.75 Å². The number of nitrogens with zero attached hydrogens (tertiary/aromatic N) is 1. The van der Waals surface area contributed by atoms with Crippen LogP contribution in [-0.2, 0) is 12.8 Å². The van der Waals surface area contributed by atoms with Crippen LogP contribution in [0.2, 0.25) is 5.15 Å². The molecule has 0 fully saturated rings. The van der Waals surface area contributed by atoms with E-state index in [0.29, 0.717) is 16.6 Å². The van der Waals surface area contributed by atoms with Gasteiger partial charge < -0.3 is 4.74 Å². The van der Waals surface area contributed by atoms with Gasteiger partial charge in [0.15, 0.2) is 0 Å². The number of ether oxygens (including phenoxy) is 1. The van der Waals surface area contributed by atoms with Gasteiger partial charge >= 0.3 is 6.18 Å². The van der Waals surface area contributed by atoms with Crippen LogP contribution in [0.5, 0.6) is 5.75 Å². The molecular formula is C13H9ClF3NO. The van der Waals surface area contributed by atoms with Crippen LogP contribution in [-0.4, -0.2) is 4.98 Å². The van der Waals surface area contributed by atoms with E-state index in [9.17, 15) is 13.2 Å². The summed E-state index contributed by atoms with van der Waals surface area (Å²) in [6.45, 7) is 0.145. The largest absolute Gasteiger partial charge is 0.487 e. The third kappa shape index (κ3) is 3.86. The number of hydrogen-bond donors (Lipinski definition) is 0. The topological polar surface area (TPSA) is 22.1 Å². The third-order valence-electron chi connectivity index (χ3n) is 2.34. The van der Waals surface area contributed by atoms with E-state index in [0.717, 1.165) is 12.1 Å². The molecular weight excluding hydrogens is 279 g/mol. The van der Waals surface area contributed by atoms with Crippen LogP contribution in [0.3, 0.4) is 0 Å². The molecule has 0 amide bonds. The maximum atomic E-state index is 12.3. The smallest absolute Gasteiger partial charge is 0.416 e. The lowest BCUT2D eigenvalue weighted by Crippen LogP contribution is -2.04. The van der Waals surface area contributed by atoms with E-state index in [1.165, 1.54) is 12.1 Å². The first-order valence-electron chi connectivity index (χ1n) is 5.36. The molecule has 0 saturated carbocycles. The van der Waals surface area contributed by atoms with Crippen LogP contribution >= 0.6 is 11.6 Å². The highest BCUT2D eigenvalue weighted by molar-refractivity contribution is 6.29. The quantitative estimate of drug-likeness (QED) is 0.784. The van der Waals surface area contributed by atoms with E-state index in [1.54, 1.807) is 18.2 Å². The number of pyridine rings is 1. The predicted molar refractivity (Wildman–Crippen MR) is 65.0 cm³/mol. The molecule has 1 heterocycles. The monoisotopic (exact) mass is 287 g/mol. The summed E-state index contributed by atoms with van der Waals surface area (Å²) in [5, 5.41) is 0.341. The minimum Gasteiger partial charge on any atom is -0.487 e. The minimum absolute atomic E-state index is 0.145. The SMILES string of the molecule is FC(F)(F)c1ccc(OCc2cccc(Cl)n2)cc1. The van der Waals surface area contributed by atoms with Crippen LogP contribution < -0.4 is 4.74 Å². The molecule has 100 valence electrons. The Kier molecular flexibility index (Phi) is 3.95. The maximum absolute atomic E-state index is 12.3. The average molecular weight is 288 g/mol. The van der Waals surface area contributed by atoms with Crippen molar-refractivity contribution < 1.29 is 17.9 Å². The molecule has 6 heteroatoms. The summed E-state index contributed by atoms with van der Waals surface area (Å²) in [5.41, 5.74) is -0.104. The Balaban J connectivity index is 2.01. The molecule has 2 aromatic rings. The molecule has 0 unspecified atom stereocenters. The fraction of sp³-hybridized carbons (Fsp3) is 0.154. The Labute approximate surface area is 112 Å². The van der Waals surface area contributed by atoms with Gasteiger partial charge in [0.2, 0.25) is 0 Å². The van der Waals surface area contributed by atoms with Crippen LogP contribution in [0, 0.1) is 0 Å². The summed E-state index contributed by atoms with van der Waals surface area (Å²) in [6.07, 6.45) is -4.34. The molecule has 1 aromatic carbocycles.